The number of aliphatic hydroxyl groups is 1. The van der Waals surface area contributed by atoms with E-state index in [2.05, 4.69) is 44.7 Å². The number of Topliss-reactive ketones (excluding diaryl/α,β-unsaturated/α-hetero) is 1. The molecule has 0 aromatic heterocycles. The summed E-state index contributed by atoms with van der Waals surface area (Å²) in [5, 5.41) is 12.4. The highest BCUT2D eigenvalue weighted by Gasteiger charge is 2.66. The third-order valence-electron chi connectivity index (χ3n) is 11.1. The van der Waals surface area contributed by atoms with Gasteiger partial charge in [0, 0.05) is 29.7 Å². The molecule has 4 aliphatic carbocycles. The maximum absolute atomic E-state index is 12.9. The number of hydrogen-bond donors (Lipinski definition) is 1. The molecule has 1 aliphatic heterocycles. The minimum atomic E-state index is -0.804. The van der Waals surface area contributed by atoms with Crippen molar-refractivity contribution in [3.05, 3.63) is 42.0 Å². The van der Waals surface area contributed by atoms with Crippen molar-refractivity contribution in [3.8, 4) is 0 Å². The van der Waals surface area contributed by atoms with Crippen LogP contribution in [0.15, 0.2) is 30.8 Å². The first-order valence-corrected chi connectivity index (χ1v) is 14.2. The van der Waals surface area contributed by atoms with E-state index in [-0.39, 0.29) is 23.2 Å². The molecule has 1 heterocycles. The second kappa shape index (κ2) is 8.68. The van der Waals surface area contributed by atoms with Crippen molar-refractivity contribution in [2.75, 3.05) is 19.8 Å². The summed E-state index contributed by atoms with van der Waals surface area (Å²) >= 11 is 0. The summed E-state index contributed by atoms with van der Waals surface area (Å²) in [6.07, 6.45) is 6.15. The fraction of sp³-hybridized carbons (Fsp3) is 0.710. The Bertz CT molecular complexity index is 1030. The lowest BCUT2D eigenvalue weighted by atomic mass is 9.45. The molecule has 36 heavy (non-hydrogen) atoms. The molecule has 5 heteroatoms. The summed E-state index contributed by atoms with van der Waals surface area (Å²) in [4.78, 5) is 12.9. The van der Waals surface area contributed by atoms with E-state index in [0.29, 0.717) is 55.5 Å². The van der Waals surface area contributed by atoms with Crippen LogP contribution in [0.1, 0.15) is 82.8 Å². The number of hydrogen-bond acceptors (Lipinski definition) is 5. The van der Waals surface area contributed by atoms with Gasteiger partial charge in [-0.25, -0.2) is 0 Å². The number of ether oxygens (including phenoxy) is 3. The lowest BCUT2D eigenvalue weighted by Crippen LogP contribution is -2.64. The van der Waals surface area contributed by atoms with Crippen molar-refractivity contribution in [2.45, 2.75) is 83.0 Å². The van der Waals surface area contributed by atoms with Gasteiger partial charge in [-0.05, 0) is 74.2 Å². The van der Waals surface area contributed by atoms with E-state index in [1.54, 1.807) is 0 Å². The van der Waals surface area contributed by atoms with E-state index in [1.165, 1.54) is 5.56 Å². The fourth-order valence-corrected chi connectivity index (χ4v) is 9.23. The van der Waals surface area contributed by atoms with Gasteiger partial charge in [0.25, 0.3) is 0 Å². The molecule has 1 aromatic carbocycles. The van der Waals surface area contributed by atoms with Gasteiger partial charge in [-0.1, -0.05) is 44.7 Å². The molecule has 1 spiro atoms. The van der Waals surface area contributed by atoms with Crippen molar-refractivity contribution in [3.63, 3.8) is 0 Å². The van der Waals surface area contributed by atoms with Crippen molar-refractivity contribution in [1.29, 1.82) is 0 Å². The van der Waals surface area contributed by atoms with Gasteiger partial charge in [-0.15, -0.1) is 0 Å². The first-order valence-electron chi connectivity index (χ1n) is 14.2. The SMILES string of the molecule is C=C(OCC)c1ccc(C2C[C@@H]3[C@H]4CC[C@]5(C)C(=O)CC[C@H]5[C@@H]4C[C@@H](C)[C@@]3(O)CC23OCCO3)cc1. The van der Waals surface area contributed by atoms with E-state index < -0.39 is 11.4 Å². The van der Waals surface area contributed by atoms with Gasteiger partial charge in [-0.3, -0.25) is 4.79 Å². The molecule has 8 atom stereocenters. The minimum Gasteiger partial charge on any atom is -0.494 e. The van der Waals surface area contributed by atoms with Crippen LogP contribution in [0, 0.1) is 35.0 Å². The summed E-state index contributed by atoms with van der Waals surface area (Å²) in [5.41, 5.74) is 1.22. The Morgan fingerprint density at radius 2 is 1.83 bits per heavy atom. The van der Waals surface area contributed by atoms with Gasteiger partial charge in [-0.2, -0.15) is 0 Å². The Balaban J connectivity index is 1.34. The van der Waals surface area contributed by atoms with E-state index in [0.717, 1.165) is 44.1 Å². The molecule has 1 saturated heterocycles. The van der Waals surface area contributed by atoms with Gasteiger partial charge >= 0.3 is 0 Å². The zero-order valence-corrected chi connectivity index (χ0v) is 22.1. The predicted octanol–water partition coefficient (Wildman–Crippen LogP) is 5.71. The van der Waals surface area contributed by atoms with Crippen molar-refractivity contribution in [2.24, 2.45) is 35.0 Å². The number of carbonyl (C=O) groups excluding carboxylic acids is 1. The highest BCUT2D eigenvalue weighted by molar-refractivity contribution is 5.87. The summed E-state index contributed by atoms with van der Waals surface area (Å²) in [5.74, 6) is 2.22. The molecule has 4 saturated carbocycles. The summed E-state index contributed by atoms with van der Waals surface area (Å²) in [7, 11) is 0. The highest BCUT2D eigenvalue weighted by Crippen LogP contribution is 2.66. The van der Waals surface area contributed by atoms with Gasteiger partial charge in [0.05, 0.1) is 25.4 Å². The van der Waals surface area contributed by atoms with Gasteiger partial charge in [0.15, 0.2) is 5.79 Å². The molecule has 196 valence electrons. The molecule has 6 rings (SSSR count). The first kappa shape index (κ1) is 24.6. The van der Waals surface area contributed by atoms with Crippen LogP contribution >= 0.6 is 0 Å². The number of rotatable bonds is 4. The quantitative estimate of drug-likeness (QED) is 0.543. The normalized spacial score (nSPS) is 43.1. The first-order chi connectivity index (χ1) is 17.2. The van der Waals surface area contributed by atoms with Crippen LogP contribution in [-0.2, 0) is 19.0 Å². The maximum atomic E-state index is 12.9. The molecule has 1 unspecified atom stereocenters. The summed E-state index contributed by atoms with van der Waals surface area (Å²) in [6.45, 7) is 12.2. The van der Waals surface area contributed by atoms with Crippen LogP contribution < -0.4 is 0 Å². The molecular weight excluding hydrogens is 452 g/mol. The van der Waals surface area contributed by atoms with Gasteiger partial charge in [0.2, 0.25) is 0 Å². The monoisotopic (exact) mass is 494 g/mol. The zero-order chi connectivity index (χ0) is 25.3. The van der Waals surface area contributed by atoms with E-state index in [4.69, 9.17) is 14.2 Å². The van der Waals surface area contributed by atoms with Crippen molar-refractivity contribution in [1.82, 2.24) is 0 Å². The van der Waals surface area contributed by atoms with E-state index in [1.807, 2.05) is 6.92 Å². The van der Waals surface area contributed by atoms with E-state index >= 15 is 0 Å². The van der Waals surface area contributed by atoms with Crippen LogP contribution in [0.5, 0.6) is 0 Å². The van der Waals surface area contributed by atoms with Crippen LogP contribution in [-0.4, -0.2) is 42.1 Å². The molecule has 1 N–H and O–H groups in total. The Hall–Kier alpha value is -1.69. The summed E-state index contributed by atoms with van der Waals surface area (Å²) in [6, 6.07) is 8.50. The standard InChI is InChI=1S/C31H42O5/c1-5-34-20(3)21-6-8-22(9-7-21)26-17-27-23-12-13-29(4)25(10-11-28(29)32)24(23)16-19(2)30(27,33)18-31(26)35-14-15-36-31/h6-9,19,23-27,33H,3,5,10-18H2,1-2,4H3/t19-,23+,24-,25+,26?,27-,29+,30+/m1/s1. The Kier molecular flexibility index (Phi) is 5.94. The van der Waals surface area contributed by atoms with Crippen molar-refractivity contribution < 1.29 is 24.1 Å². The van der Waals surface area contributed by atoms with Crippen LogP contribution in [0.25, 0.3) is 5.76 Å². The molecular formula is C31H42O5. The smallest absolute Gasteiger partial charge is 0.178 e. The van der Waals surface area contributed by atoms with Gasteiger partial charge < -0.3 is 19.3 Å². The largest absolute Gasteiger partial charge is 0.494 e. The molecule has 0 bridgehead atoms. The average molecular weight is 495 g/mol. The molecule has 5 aliphatic rings. The lowest BCUT2D eigenvalue weighted by molar-refractivity contribution is -0.279. The number of carbonyl (C=O) groups is 1. The maximum Gasteiger partial charge on any atom is 0.178 e. The van der Waals surface area contributed by atoms with Crippen LogP contribution in [0.3, 0.4) is 0 Å². The molecule has 5 fully saturated rings. The van der Waals surface area contributed by atoms with Gasteiger partial charge in [0.1, 0.15) is 11.5 Å². The molecule has 5 nitrogen and oxygen atoms in total. The number of fused-ring (bicyclic) bond motifs is 5. The second-order valence-electron chi connectivity index (χ2n) is 12.5. The van der Waals surface area contributed by atoms with E-state index in [9.17, 15) is 9.90 Å². The third kappa shape index (κ3) is 3.49. The number of benzene rings is 1. The fourth-order valence-electron chi connectivity index (χ4n) is 9.23. The molecule has 0 radical (unpaired) electrons. The van der Waals surface area contributed by atoms with Crippen LogP contribution in [0.2, 0.25) is 0 Å². The van der Waals surface area contributed by atoms with Crippen molar-refractivity contribution >= 4 is 11.5 Å². The lowest BCUT2D eigenvalue weighted by Gasteiger charge is -2.62. The topological polar surface area (TPSA) is 65.0 Å². The third-order valence-corrected chi connectivity index (χ3v) is 11.1. The zero-order valence-electron chi connectivity index (χ0n) is 22.1. The molecule has 1 aromatic rings. The Labute approximate surface area is 215 Å². The second-order valence-corrected chi connectivity index (χ2v) is 12.5. The molecule has 0 amide bonds. The Morgan fingerprint density at radius 1 is 1.11 bits per heavy atom. The number of ketones is 1. The minimum absolute atomic E-state index is 0.0594. The average Bonchev–Trinajstić information content (AvgIpc) is 3.44. The predicted molar refractivity (Wildman–Crippen MR) is 138 cm³/mol. The summed E-state index contributed by atoms with van der Waals surface area (Å²) < 4.78 is 18.4. The Morgan fingerprint density at radius 3 is 2.53 bits per heavy atom. The highest BCUT2D eigenvalue weighted by atomic mass is 16.7. The van der Waals surface area contributed by atoms with Crippen LogP contribution in [0.4, 0.5) is 0 Å².